The van der Waals surface area contributed by atoms with Gasteiger partial charge in [-0.1, -0.05) is 18.9 Å². The molecular weight excluding hydrogens is 461 g/mol. The quantitative estimate of drug-likeness (QED) is 0.278. The van der Waals surface area contributed by atoms with Crippen molar-refractivity contribution in [2.24, 2.45) is 10.4 Å². The van der Waals surface area contributed by atoms with Crippen molar-refractivity contribution in [3.63, 3.8) is 0 Å². The van der Waals surface area contributed by atoms with Gasteiger partial charge in [-0.3, -0.25) is 0 Å². The highest BCUT2D eigenvalue weighted by molar-refractivity contribution is 14.0. The van der Waals surface area contributed by atoms with Gasteiger partial charge in [0.2, 0.25) is 0 Å². The summed E-state index contributed by atoms with van der Waals surface area (Å²) >= 11 is 1.56. The van der Waals surface area contributed by atoms with Gasteiger partial charge >= 0.3 is 0 Å². The third kappa shape index (κ3) is 6.98. The second kappa shape index (κ2) is 11.5. The molecule has 1 fully saturated rings. The molecule has 1 saturated carbocycles. The zero-order valence-electron chi connectivity index (χ0n) is 16.2. The molecule has 0 radical (unpaired) electrons. The highest BCUT2D eigenvalue weighted by Crippen LogP contribution is 2.40. The molecule has 1 heterocycles. The summed E-state index contributed by atoms with van der Waals surface area (Å²) < 4.78 is 5.31. The molecule has 0 amide bonds. The van der Waals surface area contributed by atoms with Gasteiger partial charge in [0.05, 0.1) is 6.54 Å². The van der Waals surface area contributed by atoms with Gasteiger partial charge in [0.25, 0.3) is 0 Å². The first-order chi connectivity index (χ1) is 12.0. The number of aliphatic imine (C=N–C) groups is 1. The highest BCUT2D eigenvalue weighted by atomic mass is 127. The van der Waals surface area contributed by atoms with Crippen LogP contribution in [0, 0.1) is 5.41 Å². The van der Waals surface area contributed by atoms with Crippen LogP contribution in [0.1, 0.15) is 50.8 Å². The van der Waals surface area contributed by atoms with E-state index in [9.17, 15) is 5.11 Å². The second-order valence-corrected chi connectivity index (χ2v) is 8.20. The molecule has 0 aromatic carbocycles. The number of methoxy groups -OCH3 is 1. The van der Waals surface area contributed by atoms with Crippen LogP contribution in [0.2, 0.25) is 0 Å². The van der Waals surface area contributed by atoms with E-state index in [1.54, 1.807) is 18.4 Å². The number of hydrogen-bond donors (Lipinski definition) is 3. The Bertz CT molecular complexity index is 529. The first-order valence-corrected chi connectivity index (χ1v) is 10.2. The summed E-state index contributed by atoms with van der Waals surface area (Å²) in [4.78, 5) is 5.58. The van der Waals surface area contributed by atoms with E-state index < -0.39 is 5.60 Å². The number of aliphatic hydroxyl groups is 1. The van der Waals surface area contributed by atoms with Crippen LogP contribution in [-0.4, -0.2) is 44.4 Å². The van der Waals surface area contributed by atoms with Crippen molar-refractivity contribution < 1.29 is 9.84 Å². The summed E-state index contributed by atoms with van der Waals surface area (Å²) in [5, 5.41) is 19.5. The van der Waals surface area contributed by atoms with Crippen molar-refractivity contribution in [3.05, 3.63) is 22.4 Å². The van der Waals surface area contributed by atoms with Gasteiger partial charge in [-0.25, -0.2) is 4.99 Å². The number of nitrogens with zero attached hydrogens (tertiary/aromatic N) is 1. The highest BCUT2D eigenvalue weighted by Gasteiger charge is 2.33. The van der Waals surface area contributed by atoms with E-state index in [-0.39, 0.29) is 24.0 Å². The van der Waals surface area contributed by atoms with Crippen LogP contribution < -0.4 is 10.6 Å². The van der Waals surface area contributed by atoms with Crippen LogP contribution in [-0.2, 0) is 10.3 Å². The molecular formula is C19H34IN3O2S. The maximum atomic E-state index is 10.7. The summed E-state index contributed by atoms with van der Waals surface area (Å²) in [6, 6.07) is 3.92. The average Bonchev–Trinajstić information content (AvgIpc) is 3.28. The fraction of sp³-hybridized carbons (Fsp3) is 0.737. The van der Waals surface area contributed by atoms with E-state index in [0.29, 0.717) is 12.0 Å². The van der Waals surface area contributed by atoms with E-state index in [2.05, 4.69) is 22.5 Å². The maximum absolute atomic E-state index is 10.7. The molecule has 1 aromatic heterocycles. The van der Waals surface area contributed by atoms with Crippen LogP contribution in [0.4, 0.5) is 0 Å². The Labute approximate surface area is 179 Å². The normalized spacial score (nSPS) is 18.8. The van der Waals surface area contributed by atoms with Gasteiger partial charge in [-0.15, -0.1) is 35.3 Å². The lowest BCUT2D eigenvalue weighted by Crippen LogP contribution is -2.44. The van der Waals surface area contributed by atoms with Gasteiger partial charge in [0.1, 0.15) is 5.60 Å². The molecule has 1 aromatic rings. The summed E-state index contributed by atoms with van der Waals surface area (Å²) in [5.74, 6) is 0.781. The summed E-state index contributed by atoms with van der Waals surface area (Å²) in [6.45, 7) is 6.74. The van der Waals surface area contributed by atoms with E-state index >= 15 is 0 Å². The third-order valence-corrected chi connectivity index (χ3v) is 6.20. The largest absolute Gasteiger partial charge is 0.385 e. The van der Waals surface area contributed by atoms with Crippen LogP contribution >= 0.6 is 35.3 Å². The molecule has 5 nitrogen and oxygen atoms in total. The van der Waals surface area contributed by atoms with E-state index in [4.69, 9.17) is 4.74 Å². The Kier molecular flexibility index (Phi) is 10.4. The van der Waals surface area contributed by atoms with Gasteiger partial charge in [0.15, 0.2) is 5.96 Å². The number of ether oxygens (including phenoxy) is 1. The lowest BCUT2D eigenvalue weighted by atomic mass is 9.83. The number of nitrogens with one attached hydrogen (secondary N) is 2. The van der Waals surface area contributed by atoms with Crippen molar-refractivity contribution in [1.29, 1.82) is 0 Å². The molecule has 0 saturated heterocycles. The fourth-order valence-corrected chi connectivity index (χ4v) is 4.25. The van der Waals surface area contributed by atoms with Crippen molar-refractivity contribution in [1.82, 2.24) is 10.6 Å². The van der Waals surface area contributed by atoms with E-state index in [1.807, 2.05) is 24.4 Å². The molecule has 3 N–H and O–H groups in total. The number of thiophene rings is 1. The monoisotopic (exact) mass is 495 g/mol. The first kappa shape index (κ1) is 23.7. The zero-order valence-corrected chi connectivity index (χ0v) is 19.4. The van der Waals surface area contributed by atoms with Crippen LogP contribution in [0.3, 0.4) is 0 Å². The van der Waals surface area contributed by atoms with Crippen molar-refractivity contribution in [2.45, 2.75) is 51.6 Å². The fourth-order valence-electron chi connectivity index (χ4n) is 3.47. The minimum Gasteiger partial charge on any atom is -0.385 e. The Balaban J connectivity index is 0.00000338. The molecule has 150 valence electrons. The van der Waals surface area contributed by atoms with Gasteiger partial charge in [-0.05, 0) is 50.0 Å². The molecule has 0 aliphatic heterocycles. The molecule has 26 heavy (non-hydrogen) atoms. The van der Waals surface area contributed by atoms with E-state index in [0.717, 1.165) is 37.0 Å². The lowest BCUT2D eigenvalue weighted by Gasteiger charge is -2.30. The molecule has 0 bridgehead atoms. The summed E-state index contributed by atoms with van der Waals surface area (Å²) in [5.41, 5.74) is -0.625. The number of hydrogen-bond acceptors (Lipinski definition) is 4. The standard InChI is InChI=1S/C19H33N3O2S.HI/c1-4-20-17(21-14-18(2,23)16-8-7-13-25-16)22-15-19(11-12-24-3)9-5-6-10-19;/h7-8,13,23H,4-6,9-12,14-15H2,1-3H3,(H2,20,21,22);1H. The topological polar surface area (TPSA) is 65.9 Å². The number of rotatable bonds is 9. The predicted octanol–water partition coefficient (Wildman–Crippen LogP) is 3.73. The van der Waals surface area contributed by atoms with Crippen LogP contribution in [0.5, 0.6) is 0 Å². The van der Waals surface area contributed by atoms with Crippen molar-refractivity contribution in [2.75, 3.05) is 33.4 Å². The number of halogens is 1. The molecule has 0 spiro atoms. The Morgan fingerprint density at radius 3 is 2.69 bits per heavy atom. The number of guanidine groups is 1. The SMILES string of the molecule is CCNC(=NCC(C)(O)c1cccs1)NCC1(CCOC)CCCC1.I. The zero-order chi connectivity index (χ0) is 18.2. The molecule has 2 rings (SSSR count). The Morgan fingerprint density at radius 1 is 1.38 bits per heavy atom. The molecule has 1 unspecified atom stereocenters. The lowest BCUT2D eigenvalue weighted by molar-refractivity contribution is 0.0711. The minimum absolute atomic E-state index is 0. The van der Waals surface area contributed by atoms with Crippen LogP contribution in [0.15, 0.2) is 22.5 Å². The smallest absolute Gasteiger partial charge is 0.191 e. The van der Waals surface area contributed by atoms with E-state index in [1.165, 1.54) is 25.7 Å². The summed E-state index contributed by atoms with van der Waals surface area (Å²) in [7, 11) is 1.77. The minimum atomic E-state index is -0.933. The predicted molar refractivity (Wildman–Crippen MR) is 121 cm³/mol. The van der Waals surface area contributed by atoms with Gasteiger partial charge in [-0.2, -0.15) is 0 Å². The summed E-state index contributed by atoms with van der Waals surface area (Å²) in [6.07, 6.45) is 6.17. The average molecular weight is 495 g/mol. The molecule has 7 heteroatoms. The van der Waals surface area contributed by atoms with Gasteiger partial charge < -0.3 is 20.5 Å². The van der Waals surface area contributed by atoms with Crippen LogP contribution in [0.25, 0.3) is 0 Å². The van der Waals surface area contributed by atoms with Crippen molar-refractivity contribution >= 4 is 41.3 Å². The Morgan fingerprint density at radius 2 is 2.12 bits per heavy atom. The third-order valence-electron chi connectivity index (χ3n) is 5.07. The maximum Gasteiger partial charge on any atom is 0.191 e. The molecule has 1 aliphatic rings. The molecule has 1 atom stereocenters. The van der Waals surface area contributed by atoms with Gasteiger partial charge in [0, 0.05) is 31.7 Å². The second-order valence-electron chi connectivity index (χ2n) is 7.25. The first-order valence-electron chi connectivity index (χ1n) is 9.29. The van der Waals surface area contributed by atoms with Crippen molar-refractivity contribution in [3.8, 4) is 0 Å². The molecule has 1 aliphatic carbocycles. The Hall–Kier alpha value is -0.380.